The zero-order valence-electron chi connectivity index (χ0n) is 15.7. The van der Waals surface area contributed by atoms with Crippen LogP contribution in [0.3, 0.4) is 0 Å². The van der Waals surface area contributed by atoms with Crippen LogP contribution in [0.25, 0.3) is 0 Å². The average Bonchev–Trinajstić information content (AvgIpc) is 2.67. The molecule has 0 bridgehead atoms. The molecule has 0 saturated carbocycles. The van der Waals surface area contributed by atoms with Crippen LogP contribution in [0.4, 0.5) is 8.78 Å². The summed E-state index contributed by atoms with van der Waals surface area (Å²) in [7, 11) is 1.34. The fourth-order valence-corrected chi connectivity index (χ4v) is 3.46. The van der Waals surface area contributed by atoms with E-state index >= 15 is 0 Å². The molecule has 0 amide bonds. The number of hydrogen-bond acceptors (Lipinski definition) is 5. The van der Waals surface area contributed by atoms with Crippen LogP contribution >= 0.6 is 0 Å². The van der Waals surface area contributed by atoms with E-state index in [1.807, 2.05) is 19.1 Å². The highest BCUT2D eigenvalue weighted by molar-refractivity contribution is 5.39. The van der Waals surface area contributed by atoms with Crippen molar-refractivity contribution in [2.24, 2.45) is 0 Å². The van der Waals surface area contributed by atoms with Crippen molar-refractivity contribution in [3.8, 4) is 5.75 Å². The van der Waals surface area contributed by atoms with E-state index in [4.69, 9.17) is 9.47 Å². The van der Waals surface area contributed by atoms with E-state index in [-0.39, 0.29) is 24.2 Å². The van der Waals surface area contributed by atoms with Crippen molar-refractivity contribution in [3.63, 3.8) is 0 Å². The van der Waals surface area contributed by atoms with E-state index in [0.717, 1.165) is 17.7 Å². The molecule has 1 heterocycles. The van der Waals surface area contributed by atoms with Gasteiger partial charge in [0.2, 0.25) is 0 Å². The molecule has 1 saturated heterocycles. The van der Waals surface area contributed by atoms with Crippen LogP contribution in [0.15, 0.2) is 30.3 Å². The Morgan fingerprint density at radius 2 is 1.82 bits per heavy atom. The zero-order chi connectivity index (χ0) is 20.4. The number of rotatable bonds is 5. The molecule has 152 valence electrons. The van der Waals surface area contributed by atoms with Gasteiger partial charge >= 0.3 is 0 Å². The molecule has 2 aromatic rings. The van der Waals surface area contributed by atoms with Gasteiger partial charge in [-0.05, 0) is 23.6 Å². The number of aliphatic hydroxyl groups is 3. The summed E-state index contributed by atoms with van der Waals surface area (Å²) in [6.07, 6.45) is -3.42. The first-order valence-electron chi connectivity index (χ1n) is 9.07. The van der Waals surface area contributed by atoms with Gasteiger partial charge in [0.25, 0.3) is 0 Å². The first-order chi connectivity index (χ1) is 13.3. The van der Waals surface area contributed by atoms with Gasteiger partial charge < -0.3 is 24.8 Å². The van der Waals surface area contributed by atoms with Gasteiger partial charge in [0.1, 0.15) is 29.6 Å². The minimum absolute atomic E-state index is 0.0443. The molecule has 28 heavy (non-hydrogen) atoms. The standard InChI is InChI=1S/C21H24F2O5/c1-11-3-4-12(19-9-18(25)21(26)20(10-24)28-19)5-13(11)6-15-16(22)7-14(27-2)8-17(15)23/h3-5,7-8,18-21,24-26H,6,9-10H2,1-2H3/t18-,19-,20-,21+/m1/s1. The lowest BCUT2D eigenvalue weighted by Gasteiger charge is -2.36. The predicted octanol–water partition coefficient (Wildman–Crippen LogP) is 2.42. The Kier molecular flexibility index (Phi) is 6.30. The van der Waals surface area contributed by atoms with Gasteiger partial charge in [-0.3, -0.25) is 0 Å². The Morgan fingerprint density at radius 3 is 2.43 bits per heavy atom. The van der Waals surface area contributed by atoms with Crippen LogP contribution in [0.2, 0.25) is 0 Å². The van der Waals surface area contributed by atoms with E-state index in [1.165, 1.54) is 7.11 Å². The molecule has 3 N–H and O–H groups in total. The number of halogens is 2. The number of ether oxygens (including phenoxy) is 2. The van der Waals surface area contributed by atoms with Gasteiger partial charge in [0, 0.05) is 30.5 Å². The molecule has 2 aromatic carbocycles. The Bertz CT molecular complexity index is 819. The van der Waals surface area contributed by atoms with Gasteiger partial charge in [-0.1, -0.05) is 18.2 Å². The van der Waals surface area contributed by atoms with E-state index in [2.05, 4.69) is 0 Å². The van der Waals surface area contributed by atoms with E-state index < -0.39 is 42.7 Å². The smallest absolute Gasteiger partial charge is 0.133 e. The number of methoxy groups -OCH3 is 1. The lowest BCUT2D eigenvalue weighted by Crippen LogP contribution is -2.47. The molecule has 0 aromatic heterocycles. The number of benzene rings is 2. The summed E-state index contributed by atoms with van der Waals surface area (Å²) in [5, 5.41) is 29.3. The summed E-state index contributed by atoms with van der Waals surface area (Å²) < 4.78 is 39.2. The van der Waals surface area contributed by atoms with Crippen molar-refractivity contribution in [2.45, 2.75) is 44.2 Å². The third kappa shape index (κ3) is 4.17. The van der Waals surface area contributed by atoms with Crippen LogP contribution in [-0.2, 0) is 11.2 Å². The second kappa shape index (κ2) is 8.53. The first kappa shape index (κ1) is 20.7. The van der Waals surface area contributed by atoms with Gasteiger partial charge in [0.05, 0.1) is 25.9 Å². The topological polar surface area (TPSA) is 79.2 Å². The van der Waals surface area contributed by atoms with E-state index in [1.54, 1.807) is 6.07 Å². The largest absolute Gasteiger partial charge is 0.497 e. The second-order valence-electron chi connectivity index (χ2n) is 7.07. The molecule has 1 fully saturated rings. The number of aryl methyl sites for hydroxylation is 1. The maximum Gasteiger partial charge on any atom is 0.133 e. The summed E-state index contributed by atoms with van der Waals surface area (Å²) in [6, 6.07) is 7.70. The van der Waals surface area contributed by atoms with Gasteiger partial charge in [-0.2, -0.15) is 0 Å². The normalized spacial score (nSPS) is 25.0. The Labute approximate surface area is 162 Å². The molecule has 1 aliphatic rings. The maximum absolute atomic E-state index is 14.3. The first-order valence-corrected chi connectivity index (χ1v) is 9.07. The van der Waals surface area contributed by atoms with Gasteiger partial charge in [0.15, 0.2) is 0 Å². The highest BCUT2D eigenvalue weighted by Crippen LogP contribution is 2.33. The SMILES string of the molecule is COc1cc(F)c(Cc2cc([C@H]3C[C@@H](O)[C@H](O)[C@@H](CO)O3)ccc2C)c(F)c1. The molecule has 5 nitrogen and oxygen atoms in total. The fraction of sp³-hybridized carbons (Fsp3) is 0.429. The Hall–Kier alpha value is -2.06. The Morgan fingerprint density at radius 1 is 1.14 bits per heavy atom. The quantitative estimate of drug-likeness (QED) is 0.726. The van der Waals surface area contributed by atoms with Crippen LogP contribution < -0.4 is 4.74 Å². The molecule has 0 unspecified atom stereocenters. The maximum atomic E-state index is 14.3. The average molecular weight is 394 g/mol. The summed E-state index contributed by atoms with van der Waals surface area (Å²) in [5.74, 6) is -1.26. The zero-order valence-corrected chi connectivity index (χ0v) is 15.7. The summed E-state index contributed by atoms with van der Waals surface area (Å²) >= 11 is 0. The number of aliphatic hydroxyl groups excluding tert-OH is 3. The summed E-state index contributed by atoms with van der Waals surface area (Å²) in [4.78, 5) is 0. The fourth-order valence-electron chi connectivity index (χ4n) is 3.46. The van der Waals surface area contributed by atoms with Crippen molar-refractivity contribution in [3.05, 3.63) is 64.2 Å². The molecular formula is C21H24F2O5. The molecular weight excluding hydrogens is 370 g/mol. The molecule has 7 heteroatoms. The second-order valence-corrected chi connectivity index (χ2v) is 7.07. The molecule has 4 atom stereocenters. The minimum atomic E-state index is -1.16. The van der Waals surface area contributed by atoms with Crippen LogP contribution in [-0.4, -0.2) is 47.3 Å². The number of hydrogen-bond donors (Lipinski definition) is 3. The third-order valence-corrected chi connectivity index (χ3v) is 5.21. The highest BCUT2D eigenvalue weighted by atomic mass is 19.1. The van der Waals surface area contributed by atoms with E-state index in [9.17, 15) is 24.1 Å². The van der Waals surface area contributed by atoms with Crippen molar-refractivity contribution < 1.29 is 33.6 Å². The Balaban J connectivity index is 1.89. The van der Waals surface area contributed by atoms with Crippen molar-refractivity contribution >= 4 is 0 Å². The van der Waals surface area contributed by atoms with Crippen molar-refractivity contribution in [1.29, 1.82) is 0 Å². The highest BCUT2D eigenvalue weighted by Gasteiger charge is 2.37. The summed E-state index contributed by atoms with van der Waals surface area (Å²) in [6.45, 7) is 1.42. The molecule has 1 aliphatic heterocycles. The molecule has 0 aliphatic carbocycles. The van der Waals surface area contributed by atoms with Crippen LogP contribution in [0.5, 0.6) is 5.75 Å². The van der Waals surface area contributed by atoms with Crippen LogP contribution in [0, 0.1) is 18.6 Å². The predicted molar refractivity (Wildman–Crippen MR) is 98.2 cm³/mol. The van der Waals surface area contributed by atoms with Gasteiger partial charge in [-0.15, -0.1) is 0 Å². The monoisotopic (exact) mass is 394 g/mol. The summed E-state index contributed by atoms with van der Waals surface area (Å²) in [5.41, 5.74) is 2.22. The minimum Gasteiger partial charge on any atom is -0.497 e. The van der Waals surface area contributed by atoms with Gasteiger partial charge in [-0.25, -0.2) is 8.78 Å². The molecule has 0 spiro atoms. The van der Waals surface area contributed by atoms with Crippen molar-refractivity contribution in [1.82, 2.24) is 0 Å². The molecule has 3 rings (SSSR count). The lowest BCUT2D eigenvalue weighted by molar-refractivity contribution is -0.181. The lowest BCUT2D eigenvalue weighted by atomic mass is 9.91. The molecule has 0 radical (unpaired) electrons. The van der Waals surface area contributed by atoms with Crippen LogP contribution in [0.1, 0.15) is 34.8 Å². The third-order valence-electron chi connectivity index (χ3n) is 5.21. The van der Waals surface area contributed by atoms with Crippen molar-refractivity contribution in [2.75, 3.05) is 13.7 Å². The van der Waals surface area contributed by atoms with E-state index in [0.29, 0.717) is 11.1 Å².